The van der Waals surface area contributed by atoms with Crippen molar-refractivity contribution in [1.82, 2.24) is 0 Å². The van der Waals surface area contributed by atoms with Crippen LogP contribution in [0, 0.1) is 23.7 Å². The Bertz CT molecular complexity index is 507. The molecule has 2 fully saturated rings. The molecule has 0 radical (unpaired) electrons. The van der Waals surface area contributed by atoms with E-state index in [-0.39, 0.29) is 17.3 Å². The summed E-state index contributed by atoms with van der Waals surface area (Å²) >= 11 is 0. The SMILES string of the molecule is CC1CCC(C2C=C(F)C(C3CCC(=C(F)F)CC3)=CC2)CC1. The fraction of sp³-hybridized carbons (Fsp3) is 0.700. The highest BCUT2D eigenvalue weighted by Gasteiger charge is 2.30. The van der Waals surface area contributed by atoms with Gasteiger partial charge >= 0.3 is 0 Å². The van der Waals surface area contributed by atoms with E-state index in [1.807, 2.05) is 6.08 Å². The van der Waals surface area contributed by atoms with Gasteiger partial charge in [-0.25, -0.2) is 4.39 Å². The molecular formula is C20H27F3. The van der Waals surface area contributed by atoms with Gasteiger partial charge < -0.3 is 0 Å². The van der Waals surface area contributed by atoms with Crippen molar-refractivity contribution in [3.05, 3.63) is 35.2 Å². The Hall–Kier alpha value is -0.990. The summed E-state index contributed by atoms with van der Waals surface area (Å²) in [5.74, 6) is 1.83. The molecule has 0 spiro atoms. The number of halogens is 3. The van der Waals surface area contributed by atoms with Crippen LogP contribution in [-0.2, 0) is 0 Å². The zero-order valence-corrected chi connectivity index (χ0v) is 14.0. The summed E-state index contributed by atoms with van der Waals surface area (Å²) in [4.78, 5) is 0. The first kappa shape index (κ1) is 16.9. The van der Waals surface area contributed by atoms with Gasteiger partial charge in [-0.05, 0) is 85.8 Å². The molecule has 3 aliphatic rings. The van der Waals surface area contributed by atoms with Crippen LogP contribution in [-0.4, -0.2) is 0 Å². The molecule has 2 saturated carbocycles. The van der Waals surface area contributed by atoms with Gasteiger partial charge in [-0.3, -0.25) is 0 Å². The summed E-state index contributed by atoms with van der Waals surface area (Å²) in [5, 5.41) is 0. The van der Waals surface area contributed by atoms with Crippen LogP contribution < -0.4 is 0 Å². The molecule has 0 amide bonds. The molecule has 0 aromatic rings. The maximum Gasteiger partial charge on any atom is 0.269 e. The van der Waals surface area contributed by atoms with Gasteiger partial charge in [0.15, 0.2) is 0 Å². The lowest BCUT2D eigenvalue weighted by Gasteiger charge is -2.34. The van der Waals surface area contributed by atoms with Crippen LogP contribution in [0.1, 0.15) is 64.7 Å². The van der Waals surface area contributed by atoms with E-state index in [4.69, 9.17) is 0 Å². The van der Waals surface area contributed by atoms with E-state index in [0.29, 0.717) is 37.5 Å². The first-order valence-corrected chi connectivity index (χ1v) is 9.15. The zero-order valence-electron chi connectivity index (χ0n) is 14.0. The van der Waals surface area contributed by atoms with E-state index < -0.39 is 6.08 Å². The van der Waals surface area contributed by atoms with Crippen LogP contribution in [0.5, 0.6) is 0 Å². The van der Waals surface area contributed by atoms with Gasteiger partial charge in [0.05, 0.1) is 0 Å². The normalized spacial score (nSPS) is 35.6. The molecule has 128 valence electrons. The summed E-state index contributed by atoms with van der Waals surface area (Å²) in [7, 11) is 0. The second-order valence-corrected chi connectivity index (χ2v) is 7.73. The van der Waals surface area contributed by atoms with E-state index in [1.165, 1.54) is 25.7 Å². The van der Waals surface area contributed by atoms with Crippen LogP contribution in [0.25, 0.3) is 0 Å². The van der Waals surface area contributed by atoms with Crippen molar-refractivity contribution in [2.75, 3.05) is 0 Å². The van der Waals surface area contributed by atoms with Gasteiger partial charge in [0.2, 0.25) is 0 Å². The highest BCUT2D eigenvalue weighted by Crippen LogP contribution is 2.43. The van der Waals surface area contributed by atoms with Crippen LogP contribution in [0.4, 0.5) is 13.2 Å². The smallest absolute Gasteiger partial charge is 0.207 e. The summed E-state index contributed by atoms with van der Waals surface area (Å²) < 4.78 is 39.9. The van der Waals surface area contributed by atoms with E-state index in [2.05, 4.69) is 13.0 Å². The average Bonchev–Trinajstić information content (AvgIpc) is 2.55. The molecule has 0 bridgehead atoms. The minimum atomic E-state index is -1.52. The lowest BCUT2D eigenvalue weighted by atomic mass is 9.72. The van der Waals surface area contributed by atoms with Gasteiger partial charge in [0.25, 0.3) is 6.08 Å². The van der Waals surface area contributed by atoms with E-state index in [0.717, 1.165) is 17.9 Å². The fourth-order valence-electron chi connectivity index (χ4n) is 4.58. The molecular weight excluding hydrogens is 297 g/mol. The van der Waals surface area contributed by atoms with Crippen LogP contribution in [0.15, 0.2) is 35.2 Å². The van der Waals surface area contributed by atoms with Crippen molar-refractivity contribution >= 4 is 0 Å². The third-order valence-corrected chi connectivity index (χ3v) is 6.21. The lowest BCUT2D eigenvalue weighted by molar-refractivity contribution is 0.236. The quantitative estimate of drug-likeness (QED) is 0.515. The van der Waals surface area contributed by atoms with Crippen molar-refractivity contribution in [2.45, 2.75) is 64.7 Å². The van der Waals surface area contributed by atoms with Crippen molar-refractivity contribution in [1.29, 1.82) is 0 Å². The largest absolute Gasteiger partial charge is 0.269 e. The number of allylic oxidation sites excluding steroid dienone is 5. The first-order chi connectivity index (χ1) is 11.0. The monoisotopic (exact) mass is 324 g/mol. The second-order valence-electron chi connectivity index (χ2n) is 7.73. The maximum atomic E-state index is 14.6. The molecule has 3 heteroatoms. The van der Waals surface area contributed by atoms with E-state index in [9.17, 15) is 13.2 Å². The number of hydrogen-bond acceptors (Lipinski definition) is 0. The molecule has 1 unspecified atom stereocenters. The Morgan fingerprint density at radius 1 is 1.00 bits per heavy atom. The third-order valence-electron chi connectivity index (χ3n) is 6.21. The summed E-state index contributed by atoms with van der Waals surface area (Å²) in [6.45, 7) is 2.30. The lowest BCUT2D eigenvalue weighted by Crippen LogP contribution is -2.22. The van der Waals surface area contributed by atoms with Crippen LogP contribution in [0.3, 0.4) is 0 Å². The molecule has 0 aromatic heterocycles. The minimum Gasteiger partial charge on any atom is -0.207 e. The van der Waals surface area contributed by atoms with Gasteiger partial charge in [0.1, 0.15) is 5.83 Å². The minimum absolute atomic E-state index is 0.0713. The standard InChI is InChI=1S/C20H27F3/c1-13-2-4-14(5-3-13)17-10-11-18(19(21)12-17)15-6-8-16(9-7-15)20(22)23/h11-15,17H,2-10H2,1H3. The molecule has 1 atom stereocenters. The summed E-state index contributed by atoms with van der Waals surface area (Å²) in [5.41, 5.74) is 1.07. The average molecular weight is 324 g/mol. The second kappa shape index (κ2) is 7.27. The summed E-state index contributed by atoms with van der Waals surface area (Å²) in [6, 6.07) is 0. The Morgan fingerprint density at radius 2 is 1.65 bits per heavy atom. The molecule has 0 N–H and O–H groups in total. The van der Waals surface area contributed by atoms with Gasteiger partial charge in [-0.15, -0.1) is 0 Å². The van der Waals surface area contributed by atoms with Crippen molar-refractivity contribution in [3.63, 3.8) is 0 Å². The molecule has 0 nitrogen and oxygen atoms in total. The maximum absolute atomic E-state index is 14.6. The molecule has 3 rings (SSSR count). The number of rotatable bonds is 2. The molecule has 0 aromatic carbocycles. The highest BCUT2D eigenvalue weighted by atomic mass is 19.3. The summed E-state index contributed by atoms with van der Waals surface area (Å²) in [6.07, 6.45) is 10.4. The molecule has 0 heterocycles. The van der Waals surface area contributed by atoms with Crippen molar-refractivity contribution in [2.24, 2.45) is 23.7 Å². The Labute approximate surface area is 137 Å². The van der Waals surface area contributed by atoms with Gasteiger partial charge in [0, 0.05) is 0 Å². The highest BCUT2D eigenvalue weighted by molar-refractivity contribution is 5.33. The molecule has 0 saturated heterocycles. The fourth-order valence-corrected chi connectivity index (χ4v) is 4.58. The Kier molecular flexibility index (Phi) is 5.33. The third kappa shape index (κ3) is 3.92. The predicted molar refractivity (Wildman–Crippen MR) is 87.7 cm³/mol. The van der Waals surface area contributed by atoms with Crippen LogP contribution in [0.2, 0.25) is 0 Å². The topological polar surface area (TPSA) is 0 Å². The van der Waals surface area contributed by atoms with Gasteiger partial charge in [-0.2, -0.15) is 8.78 Å². The van der Waals surface area contributed by atoms with E-state index in [1.54, 1.807) is 0 Å². The molecule has 0 aliphatic heterocycles. The van der Waals surface area contributed by atoms with Crippen LogP contribution >= 0.6 is 0 Å². The predicted octanol–water partition coefficient (Wildman–Crippen LogP) is 6.95. The van der Waals surface area contributed by atoms with Crippen molar-refractivity contribution < 1.29 is 13.2 Å². The zero-order chi connectivity index (χ0) is 16.4. The Balaban J connectivity index is 1.59. The van der Waals surface area contributed by atoms with E-state index >= 15 is 0 Å². The Morgan fingerprint density at radius 3 is 2.22 bits per heavy atom. The molecule has 3 aliphatic carbocycles. The molecule has 23 heavy (non-hydrogen) atoms. The number of hydrogen-bond donors (Lipinski definition) is 0. The first-order valence-electron chi connectivity index (χ1n) is 9.15. The van der Waals surface area contributed by atoms with Crippen molar-refractivity contribution in [3.8, 4) is 0 Å². The van der Waals surface area contributed by atoms with Gasteiger partial charge in [-0.1, -0.05) is 25.8 Å².